The molecule has 0 aromatic heterocycles. The number of hydrogen-bond donors (Lipinski definition) is 1. The van der Waals surface area contributed by atoms with Crippen LogP contribution < -0.4 is 4.74 Å². The van der Waals surface area contributed by atoms with Crippen LogP contribution in [0.4, 0.5) is 4.39 Å². The van der Waals surface area contributed by atoms with Gasteiger partial charge in [0, 0.05) is 0 Å². The highest BCUT2D eigenvalue weighted by Crippen LogP contribution is 2.30. The molecule has 0 unspecified atom stereocenters. The van der Waals surface area contributed by atoms with Gasteiger partial charge in [-0.15, -0.1) is 0 Å². The van der Waals surface area contributed by atoms with Gasteiger partial charge >= 0.3 is 5.97 Å². The van der Waals surface area contributed by atoms with Gasteiger partial charge in [0.25, 0.3) is 0 Å². The third-order valence-corrected chi connectivity index (χ3v) is 2.73. The van der Waals surface area contributed by atoms with Crippen LogP contribution >= 0.6 is 0 Å². The Kier molecular flexibility index (Phi) is 3.67. The average molecular weight is 271 g/mol. The van der Waals surface area contributed by atoms with E-state index in [1.807, 2.05) is 6.07 Å². The lowest BCUT2D eigenvalue weighted by Gasteiger charge is -2.11. The van der Waals surface area contributed by atoms with Crippen LogP contribution in [0.1, 0.15) is 21.5 Å². The Balaban J connectivity index is 2.48. The van der Waals surface area contributed by atoms with E-state index in [4.69, 9.17) is 15.1 Å². The molecule has 5 heteroatoms. The number of carboxylic acid groups (broad SMARTS) is 1. The zero-order valence-corrected chi connectivity index (χ0v) is 10.6. The van der Waals surface area contributed by atoms with E-state index in [0.717, 1.165) is 6.07 Å². The molecule has 4 nitrogen and oxygen atoms in total. The number of rotatable bonds is 3. The second kappa shape index (κ2) is 5.41. The van der Waals surface area contributed by atoms with Crippen molar-refractivity contribution in [2.24, 2.45) is 0 Å². The van der Waals surface area contributed by atoms with Crippen LogP contribution in [0.5, 0.6) is 11.5 Å². The van der Waals surface area contributed by atoms with Crippen LogP contribution in [0.3, 0.4) is 0 Å². The van der Waals surface area contributed by atoms with Crippen molar-refractivity contribution in [3.8, 4) is 17.6 Å². The first kappa shape index (κ1) is 13.6. The van der Waals surface area contributed by atoms with Gasteiger partial charge in [0.05, 0.1) is 11.6 Å². The van der Waals surface area contributed by atoms with Crippen molar-refractivity contribution in [2.75, 3.05) is 0 Å². The van der Waals surface area contributed by atoms with Gasteiger partial charge in [-0.25, -0.2) is 9.18 Å². The molecule has 0 saturated heterocycles. The number of halogens is 1. The Morgan fingerprint density at radius 2 is 2.05 bits per heavy atom. The average Bonchev–Trinajstić information content (AvgIpc) is 2.41. The van der Waals surface area contributed by atoms with Crippen molar-refractivity contribution in [2.45, 2.75) is 6.92 Å². The molecule has 0 atom stereocenters. The number of nitrogens with zero attached hydrogens (tertiary/aromatic N) is 1. The Morgan fingerprint density at radius 3 is 2.70 bits per heavy atom. The summed E-state index contributed by atoms with van der Waals surface area (Å²) in [5.41, 5.74) is 0.553. The quantitative estimate of drug-likeness (QED) is 0.927. The van der Waals surface area contributed by atoms with Gasteiger partial charge in [0.1, 0.15) is 22.9 Å². The Morgan fingerprint density at radius 1 is 1.30 bits per heavy atom. The van der Waals surface area contributed by atoms with Crippen LogP contribution in [0.2, 0.25) is 0 Å². The maximum atomic E-state index is 13.5. The second-order valence-corrected chi connectivity index (χ2v) is 4.11. The van der Waals surface area contributed by atoms with Crippen LogP contribution in [0.25, 0.3) is 0 Å². The summed E-state index contributed by atoms with van der Waals surface area (Å²) in [4.78, 5) is 11.1. The fourth-order valence-corrected chi connectivity index (χ4v) is 1.70. The van der Waals surface area contributed by atoms with E-state index in [0.29, 0.717) is 16.9 Å². The first-order valence-electron chi connectivity index (χ1n) is 5.73. The first-order valence-corrected chi connectivity index (χ1v) is 5.73. The summed E-state index contributed by atoms with van der Waals surface area (Å²) in [6.07, 6.45) is 0. The summed E-state index contributed by atoms with van der Waals surface area (Å²) in [7, 11) is 0. The van der Waals surface area contributed by atoms with Crippen LogP contribution in [0, 0.1) is 24.1 Å². The summed E-state index contributed by atoms with van der Waals surface area (Å²) in [6.45, 7) is 1.75. The molecule has 0 spiro atoms. The highest BCUT2D eigenvalue weighted by molar-refractivity contribution is 5.91. The summed E-state index contributed by atoms with van der Waals surface area (Å²) < 4.78 is 19.0. The van der Waals surface area contributed by atoms with Crippen LogP contribution in [0.15, 0.2) is 36.4 Å². The first-order chi connectivity index (χ1) is 9.52. The molecule has 0 saturated carbocycles. The number of aromatic carboxylic acids is 1. The number of benzene rings is 2. The molecule has 2 rings (SSSR count). The van der Waals surface area contributed by atoms with Gasteiger partial charge in [0.2, 0.25) is 0 Å². The highest BCUT2D eigenvalue weighted by atomic mass is 19.1. The van der Waals surface area contributed by atoms with E-state index >= 15 is 0 Å². The zero-order valence-electron chi connectivity index (χ0n) is 10.6. The fraction of sp³-hybridized carbons (Fsp3) is 0.0667. The monoisotopic (exact) mass is 271 g/mol. The molecule has 0 aliphatic heterocycles. The molecular weight excluding hydrogens is 261 g/mol. The summed E-state index contributed by atoms with van der Waals surface area (Å²) in [5.74, 6) is -2.07. The molecular formula is C15H10FNO3. The van der Waals surface area contributed by atoms with E-state index in [9.17, 15) is 9.18 Å². The Bertz CT molecular complexity index is 720. The van der Waals surface area contributed by atoms with Crippen molar-refractivity contribution < 1.29 is 19.0 Å². The van der Waals surface area contributed by atoms with Gasteiger partial charge in [-0.1, -0.05) is 12.1 Å². The predicted octanol–water partition coefficient (Wildman–Crippen LogP) is 3.50. The minimum absolute atomic E-state index is 0.101. The van der Waals surface area contributed by atoms with Crippen molar-refractivity contribution in [3.05, 3.63) is 58.9 Å². The minimum atomic E-state index is -1.41. The largest absolute Gasteiger partial charge is 0.477 e. The van der Waals surface area contributed by atoms with Gasteiger partial charge in [-0.05, 0) is 36.8 Å². The third-order valence-electron chi connectivity index (χ3n) is 2.73. The van der Waals surface area contributed by atoms with Gasteiger partial charge in [-0.2, -0.15) is 5.26 Å². The van der Waals surface area contributed by atoms with Crippen molar-refractivity contribution in [3.63, 3.8) is 0 Å². The minimum Gasteiger partial charge on any atom is -0.477 e. The van der Waals surface area contributed by atoms with Crippen molar-refractivity contribution in [1.82, 2.24) is 0 Å². The van der Waals surface area contributed by atoms with E-state index in [-0.39, 0.29) is 5.75 Å². The van der Waals surface area contributed by atoms with E-state index < -0.39 is 17.3 Å². The summed E-state index contributed by atoms with van der Waals surface area (Å²) >= 11 is 0. The molecule has 0 amide bonds. The lowest BCUT2D eigenvalue weighted by Crippen LogP contribution is -2.04. The maximum Gasteiger partial charge on any atom is 0.342 e. The molecule has 0 aliphatic rings. The number of aryl methyl sites for hydroxylation is 1. The van der Waals surface area contributed by atoms with E-state index in [1.54, 1.807) is 19.1 Å². The SMILES string of the molecule is Cc1ccc(C#N)cc1Oc1cccc(F)c1C(=O)O. The lowest BCUT2D eigenvalue weighted by atomic mass is 10.1. The molecule has 2 aromatic rings. The summed E-state index contributed by atoms with van der Waals surface area (Å²) in [5, 5.41) is 17.9. The van der Waals surface area contributed by atoms with E-state index in [1.165, 1.54) is 18.2 Å². The van der Waals surface area contributed by atoms with Gasteiger partial charge in [-0.3, -0.25) is 0 Å². The molecule has 0 aliphatic carbocycles. The maximum absolute atomic E-state index is 13.5. The Hall–Kier alpha value is -2.87. The normalized spacial score (nSPS) is 9.85. The van der Waals surface area contributed by atoms with Gasteiger partial charge < -0.3 is 9.84 Å². The molecule has 0 bridgehead atoms. The molecule has 0 heterocycles. The second-order valence-electron chi connectivity index (χ2n) is 4.11. The smallest absolute Gasteiger partial charge is 0.342 e. The predicted molar refractivity (Wildman–Crippen MR) is 69.3 cm³/mol. The van der Waals surface area contributed by atoms with Gasteiger partial charge in [0.15, 0.2) is 0 Å². The third kappa shape index (κ3) is 2.59. The highest BCUT2D eigenvalue weighted by Gasteiger charge is 2.18. The number of nitriles is 1. The number of hydrogen-bond acceptors (Lipinski definition) is 3. The zero-order chi connectivity index (χ0) is 14.7. The van der Waals surface area contributed by atoms with Crippen molar-refractivity contribution >= 4 is 5.97 Å². The number of carbonyl (C=O) groups is 1. The number of ether oxygens (including phenoxy) is 1. The van der Waals surface area contributed by atoms with E-state index in [2.05, 4.69) is 0 Å². The van der Waals surface area contributed by atoms with Crippen LogP contribution in [-0.2, 0) is 0 Å². The Labute approximate surface area is 114 Å². The number of carboxylic acids is 1. The lowest BCUT2D eigenvalue weighted by molar-refractivity contribution is 0.0689. The van der Waals surface area contributed by atoms with Crippen LogP contribution in [-0.4, -0.2) is 11.1 Å². The molecule has 0 radical (unpaired) electrons. The molecule has 1 N–H and O–H groups in total. The standard InChI is InChI=1S/C15H10FNO3/c1-9-5-6-10(8-17)7-13(9)20-12-4-2-3-11(16)14(12)15(18)19/h2-7H,1H3,(H,18,19). The topological polar surface area (TPSA) is 70.3 Å². The molecule has 2 aromatic carbocycles. The molecule has 100 valence electrons. The fourth-order valence-electron chi connectivity index (χ4n) is 1.70. The summed E-state index contributed by atoms with van der Waals surface area (Å²) in [6, 6.07) is 10.5. The molecule has 20 heavy (non-hydrogen) atoms. The molecule has 0 fully saturated rings. The van der Waals surface area contributed by atoms with Crippen molar-refractivity contribution in [1.29, 1.82) is 5.26 Å².